The van der Waals surface area contributed by atoms with E-state index in [0.717, 1.165) is 19.3 Å². The van der Waals surface area contributed by atoms with Crippen molar-refractivity contribution in [2.24, 2.45) is 5.92 Å². The summed E-state index contributed by atoms with van der Waals surface area (Å²) in [5.74, 6) is 0.944. The summed E-state index contributed by atoms with van der Waals surface area (Å²) < 4.78 is 15.7. The number of rotatable bonds is 8. The first-order valence-electron chi connectivity index (χ1n) is 11.6. The Balaban J connectivity index is 1.83. The van der Waals surface area contributed by atoms with Gasteiger partial charge in [0.05, 0.1) is 6.04 Å². The van der Waals surface area contributed by atoms with Gasteiger partial charge >= 0.3 is 6.09 Å². The first-order chi connectivity index (χ1) is 15.3. The molecule has 0 aromatic heterocycles. The molecule has 0 spiro atoms. The van der Waals surface area contributed by atoms with Crippen molar-refractivity contribution in [2.75, 3.05) is 18.7 Å². The van der Waals surface area contributed by atoms with Gasteiger partial charge in [0.2, 0.25) is 0 Å². The molecule has 0 bridgehead atoms. The quantitative estimate of drug-likeness (QED) is 0.584. The molecule has 2 aromatic rings. The van der Waals surface area contributed by atoms with Crippen molar-refractivity contribution in [1.82, 2.24) is 4.90 Å². The number of quaternary nitrogens is 1. The summed E-state index contributed by atoms with van der Waals surface area (Å²) >= 11 is -0.635. The maximum Gasteiger partial charge on any atom is 0.410 e. The fourth-order valence-electron chi connectivity index (χ4n) is 4.23. The van der Waals surface area contributed by atoms with Gasteiger partial charge in [-0.3, -0.25) is 10.2 Å². The van der Waals surface area contributed by atoms with E-state index in [-0.39, 0.29) is 30.2 Å². The average Bonchev–Trinajstić information content (AvgIpc) is 2.78. The van der Waals surface area contributed by atoms with Crippen LogP contribution in [0.2, 0.25) is 0 Å². The Morgan fingerprint density at radius 3 is 2.56 bits per heavy atom. The van der Waals surface area contributed by atoms with E-state index in [1.165, 1.54) is 16.7 Å². The summed E-state index contributed by atoms with van der Waals surface area (Å²) in [6.45, 7) is 6.82. The molecule has 4 unspecified atom stereocenters. The Labute approximate surface area is 195 Å². The molecule has 0 saturated carbocycles. The minimum absolute atomic E-state index is 0.0326. The van der Waals surface area contributed by atoms with Gasteiger partial charge in [0.15, 0.2) is 11.2 Å². The topological polar surface area (TPSA) is 66.4 Å². The van der Waals surface area contributed by atoms with Crippen LogP contribution in [0, 0.1) is 5.92 Å². The molecular formula is C26H38N2O3S+2. The highest BCUT2D eigenvalue weighted by Gasteiger charge is 2.39. The van der Waals surface area contributed by atoms with E-state index in [1.807, 2.05) is 24.1 Å². The normalized spacial score (nSPS) is 20.8. The van der Waals surface area contributed by atoms with E-state index in [1.54, 1.807) is 0 Å². The number of hydrogen-bond acceptors (Lipinski definition) is 3. The van der Waals surface area contributed by atoms with Crippen LogP contribution in [0.25, 0.3) is 11.1 Å². The fraction of sp³-hybridized carbons (Fsp3) is 0.500. The largest absolute Gasteiger partial charge is 0.446 e. The molecule has 1 aliphatic heterocycles. The van der Waals surface area contributed by atoms with Crippen LogP contribution in [0.1, 0.15) is 39.2 Å². The van der Waals surface area contributed by atoms with Crippen molar-refractivity contribution in [1.29, 1.82) is 0 Å². The second kappa shape index (κ2) is 11.7. The lowest BCUT2D eigenvalue weighted by Crippen LogP contribution is -2.95. The molecule has 0 aliphatic carbocycles. The molecule has 3 N–H and O–H groups in total. The molecule has 174 valence electrons. The minimum atomic E-state index is -0.635. The monoisotopic (exact) mass is 458 g/mol. The summed E-state index contributed by atoms with van der Waals surface area (Å²) in [5, 5.41) is 2.22. The van der Waals surface area contributed by atoms with E-state index in [0.29, 0.717) is 12.4 Å². The van der Waals surface area contributed by atoms with Gasteiger partial charge in [0, 0.05) is 13.0 Å². The Bertz CT molecular complexity index is 859. The highest BCUT2D eigenvalue weighted by Crippen LogP contribution is 2.25. The number of nitrogens with two attached hydrogens (primary N) is 1. The third-order valence-corrected chi connectivity index (χ3v) is 7.09. The minimum Gasteiger partial charge on any atom is -0.446 e. The molecule has 1 aliphatic rings. The van der Waals surface area contributed by atoms with Gasteiger partial charge in [0.25, 0.3) is 5.88 Å². The summed E-state index contributed by atoms with van der Waals surface area (Å²) in [6.07, 6.45) is 4.27. The van der Waals surface area contributed by atoms with Crippen molar-refractivity contribution < 1.29 is 19.4 Å². The molecule has 32 heavy (non-hydrogen) atoms. The first-order valence-corrected chi connectivity index (χ1v) is 13.4. The first kappa shape index (κ1) is 24.6. The molecule has 0 radical (unpaired) electrons. The number of benzene rings is 2. The van der Waals surface area contributed by atoms with Crippen LogP contribution >= 0.6 is 0 Å². The third kappa shape index (κ3) is 6.74. The number of amides is 1. The van der Waals surface area contributed by atoms with E-state index in [9.17, 15) is 9.35 Å². The summed E-state index contributed by atoms with van der Waals surface area (Å²) in [7, 11) is 0. The second-order valence-corrected chi connectivity index (χ2v) is 10.7. The molecule has 3 rings (SSSR count). The van der Waals surface area contributed by atoms with Crippen LogP contribution in [0.3, 0.4) is 0 Å². The lowest BCUT2D eigenvalue weighted by atomic mass is 9.90. The number of hydrogen-bond donors (Lipinski definition) is 2. The van der Waals surface area contributed by atoms with Gasteiger partial charge in [-0.05, 0) is 42.4 Å². The predicted molar refractivity (Wildman–Crippen MR) is 133 cm³/mol. The molecule has 1 heterocycles. The van der Waals surface area contributed by atoms with Gasteiger partial charge in [-0.25, -0.2) is 4.79 Å². The van der Waals surface area contributed by atoms with Crippen molar-refractivity contribution in [3.63, 3.8) is 0 Å². The van der Waals surface area contributed by atoms with Crippen LogP contribution in [0.15, 0.2) is 54.6 Å². The van der Waals surface area contributed by atoms with Crippen molar-refractivity contribution in [3.05, 3.63) is 60.2 Å². The predicted octanol–water partition coefficient (Wildman–Crippen LogP) is 4.15. The number of piperidine rings is 1. The fourth-order valence-corrected chi connectivity index (χ4v) is 4.75. The molecule has 5 nitrogen and oxygen atoms in total. The Morgan fingerprint density at radius 1 is 1.16 bits per heavy atom. The van der Waals surface area contributed by atoms with Crippen LogP contribution < -0.4 is 5.32 Å². The average molecular weight is 459 g/mol. The molecular weight excluding hydrogens is 420 g/mol. The van der Waals surface area contributed by atoms with E-state index < -0.39 is 11.2 Å². The summed E-state index contributed by atoms with van der Waals surface area (Å²) in [6, 6.07) is 19.3. The molecule has 4 atom stereocenters. The van der Waals surface area contributed by atoms with E-state index in [4.69, 9.17) is 4.74 Å². The van der Waals surface area contributed by atoms with Crippen molar-refractivity contribution >= 4 is 17.3 Å². The maximum absolute atomic E-state index is 13.1. The zero-order chi connectivity index (χ0) is 23.1. The van der Waals surface area contributed by atoms with Gasteiger partial charge in [-0.2, -0.15) is 4.55 Å². The molecule has 1 fully saturated rings. The van der Waals surface area contributed by atoms with Crippen LogP contribution in [-0.2, 0) is 22.3 Å². The number of carbonyl (C=O) groups excluding carboxylic acids is 1. The molecule has 6 heteroatoms. The summed E-state index contributed by atoms with van der Waals surface area (Å²) in [4.78, 5) is 15.1. The molecule has 1 saturated heterocycles. The SMILES string of the molecule is CC(C)C(C)OC(=O)N1CCCC([NH2+]C[S+](C)O)C1Cc1cccc(-c2ccccc2)c1. The number of nitrogens with zero attached hydrogens (tertiary/aromatic N) is 1. The lowest BCUT2D eigenvalue weighted by molar-refractivity contribution is -0.680. The zero-order valence-electron chi connectivity index (χ0n) is 19.7. The third-order valence-electron chi connectivity index (χ3n) is 6.41. The van der Waals surface area contributed by atoms with Crippen molar-refractivity contribution in [2.45, 2.75) is 58.2 Å². The van der Waals surface area contributed by atoms with Gasteiger partial charge in [-0.1, -0.05) is 68.4 Å². The van der Waals surface area contributed by atoms with Crippen LogP contribution in [0.4, 0.5) is 4.79 Å². The Kier molecular flexibility index (Phi) is 9.02. The number of ether oxygens (including phenoxy) is 1. The van der Waals surface area contributed by atoms with E-state index in [2.05, 4.69) is 67.7 Å². The lowest BCUT2D eigenvalue weighted by Gasteiger charge is -2.39. The zero-order valence-corrected chi connectivity index (χ0v) is 20.6. The Hall–Kier alpha value is -2.02. The molecule has 2 aromatic carbocycles. The smallest absolute Gasteiger partial charge is 0.410 e. The van der Waals surface area contributed by atoms with Crippen LogP contribution in [-0.4, -0.2) is 52.4 Å². The van der Waals surface area contributed by atoms with Crippen LogP contribution in [0.5, 0.6) is 0 Å². The van der Waals surface area contributed by atoms with Gasteiger partial charge in [-0.15, -0.1) is 0 Å². The van der Waals surface area contributed by atoms with Gasteiger partial charge in [0.1, 0.15) is 18.4 Å². The summed E-state index contributed by atoms with van der Waals surface area (Å²) in [5.41, 5.74) is 3.59. The van der Waals surface area contributed by atoms with Gasteiger partial charge < -0.3 is 4.74 Å². The van der Waals surface area contributed by atoms with Crippen molar-refractivity contribution in [3.8, 4) is 11.1 Å². The standard InChI is InChI=1S/C26H37N2O3S/c1-19(2)20(3)31-26(29)28-15-9-14-24(27-18-32(4)30)25(28)17-21-10-8-13-23(16-21)22-11-6-5-7-12-22/h5-8,10-13,16,19-20,24-25,27,30H,9,14-15,17-18H2,1-4H3/q+1/p+1. The number of carbonyl (C=O) groups is 1. The highest BCUT2D eigenvalue weighted by atomic mass is 32.2. The maximum atomic E-state index is 13.1. The number of likely N-dealkylation sites (tertiary alicyclic amines) is 1. The van der Waals surface area contributed by atoms with E-state index >= 15 is 0 Å². The molecule has 1 amide bonds. The second-order valence-electron chi connectivity index (χ2n) is 9.17. The Morgan fingerprint density at radius 2 is 1.88 bits per heavy atom. The highest BCUT2D eigenvalue weighted by molar-refractivity contribution is 7.90.